The van der Waals surface area contributed by atoms with E-state index in [1.807, 2.05) is 11.0 Å². The van der Waals surface area contributed by atoms with Crippen LogP contribution in [0.3, 0.4) is 0 Å². The summed E-state index contributed by atoms with van der Waals surface area (Å²) in [6.45, 7) is 2.27. The lowest BCUT2D eigenvalue weighted by Gasteiger charge is -2.31. The van der Waals surface area contributed by atoms with Crippen LogP contribution in [0.4, 0.5) is 0 Å². The maximum atomic E-state index is 13.1. The molecule has 32 heavy (non-hydrogen) atoms. The Morgan fingerprint density at radius 1 is 1.06 bits per heavy atom. The number of aliphatic hydroxyl groups is 1. The lowest BCUT2D eigenvalue weighted by molar-refractivity contribution is -0.152. The lowest BCUT2D eigenvalue weighted by atomic mass is 9.90. The number of hydrogen-bond donors (Lipinski definition) is 1. The van der Waals surface area contributed by atoms with Crippen molar-refractivity contribution in [1.29, 1.82) is 0 Å². The third kappa shape index (κ3) is 4.32. The van der Waals surface area contributed by atoms with Gasteiger partial charge in [0.25, 0.3) is 5.91 Å². The molecule has 0 unspecified atom stereocenters. The van der Waals surface area contributed by atoms with Crippen molar-refractivity contribution >= 4 is 5.91 Å². The quantitative estimate of drug-likeness (QED) is 0.562. The van der Waals surface area contributed by atoms with E-state index in [0.29, 0.717) is 25.2 Å². The number of ether oxygens (including phenoxy) is 2. The van der Waals surface area contributed by atoms with Crippen LogP contribution in [-0.2, 0) is 20.7 Å². The fraction of sp³-hybridized carbons (Fsp3) is 0.444. The van der Waals surface area contributed by atoms with Gasteiger partial charge in [0.1, 0.15) is 0 Å². The summed E-state index contributed by atoms with van der Waals surface area (Å²) in [6, 6.07) is 15.3. The number of allylic oxidation sites excluding steroid dienone is 1. The molecule has 2 aromatic rings. The first kappa shape index (κ1) is 21.2. The summed E-state index contributed by atoms with van der Waals surface area (Å²) < 4.78 is 12.0. The lowest BCUT2D eigenvalue weighted by Crippen LogP contribution is -2.35. The second-order valence-corrected chi connectivity index (χ2v) is 8.97. The summed E-state index contributed by atoms with van der Waals surface area (Å²) in [7, 11) is 0. The Kier molecular flexibility index (Phi) is 6.28. The zero-order valence-electron chi connectivity index (χ0n) is 18.5. The van der Waals surface area contributed by atoms with Gasteiger partial charge in [-0.3, -0.25) is 4.79 Å². The Morgan fingerprint density at radius 3 is 2.72 bits per heavy atom. The van der Waals surface area contributed by atoms with Gasteiger partial charge < -0.3 is 19.5 Å². The summed E-state index contributed by atoms with van der Waals surface area (Å²) >= 11 is 0. The van der Waals surface area contributed by atoms with Crippen LogP contribution in [0.15, 0.2) is 54.3 Å². The van der Waals surface area contributed by atoms with Gasteiger partial charge in [0.15, 0.2) is 5.76 Å². The molecule has 3 aliphatic rings. The fourth-order valence-electron chi connectivity index (χ4n) is 5.04. The van der Waals surface area contributed by atoms with E-state index in [-0.39, 0.29) is 18.4 Å². The van der Waals surface area contributed by atoms with Gasteiger partial charge in [-0.15, -0.1) is 0 Å². The highest BCUT2D eigenvalue weighted by Crippen LogP contribution is 2.40. The highest BCUT2D eigenvalue weighted by Gasteiger charge is 2.32. The van der Waals surface area contributed by atoms with Gasteiger partial charge in [0, 0.05) is 32.0 Å². The molecule has 168 valence electrons. The first-order valence-electron chi connectivity index (χ1n) is 11.8. The van der Waals surface area contributed by atoms with Crippen LogP contribution in [0.5, 0.6) is 0 Å². The fourth-order valence-corrected chi connectivity index (χ4v) is 5.04. The zero-order valence-corrected chi connectivity index (χ0v) is 18.5. The van der Waals surface area contributed by atoms with Gasteiger partial charge in [-0.05, 0) is 66.0 Å². The average Bonchev–Trinajstić information content (AvgIpc) is 3.49. The van der Waals surface area contributed by atoms with Crippen molar-refractivity contribution in [2.75, 3.05) is 26.3 Å². The largest absolute Gasteiger partial charge is 0.459 e. The van der Waals surface area contributed by atoms with Crippen molar-refractivity contribution in [3.63, 3.8) is 0 Å². The first-order chi connectivity index (χ1) is 15.7. The molecule has 2 heterocycles. The van der Waals surface area contributed by atoms with E-state index in [9.17, 15) is 4.79 Å². The maximum Gasteiger partial charge on any atom is 0.288 e. The van der Waals surface area contributed by atoms with Crippen LogP contribution < -0.4 is 0 Å². The molecule has 0 aromatic heterocycles. The minimum absolute atomic E-state index is 0.0234. The normalized spacial score (nSPS) is 21.7. The van der Waals surface area contributed by atoms with Gasteiger partial charge >= 0.3 is 0 Å². The molecule has 0 bridgehead atoms. The van der Waals surface area contributed by atoms with Gasteiger partial charge in [-0.2, -0.15) is 0 Å². The van der Waals surface area contributed by atoms with Gasteiger partial charge in [0.05, 0.1) is 6.61 Å². The summed E-state index contributed by atoms with van der Waals surface area (Å²) in [4.78, 5) is 15.0. The molecule has 1 N–H and O–H groups in total. The topological polar surface area (TPSA) is 59.0 Å². The second-order valence-electron chi connectivity index (χ2n) is 8.97. The number of benzene rings is 2. The number of nitrogens with zero attached hydrogens (tertiary/aromatic N) is 1. The van der Waals surface area contributed by atoms with E-state index in [1.54, 1.807) is 0 Å². The monoisotopic (exact) mass is 433 g/mol. The number of hydrogen-bond acceptors (Lipinski definition) is 4. The van der Waals surface area contributed by atoms with Crippen molar-refractivity contribution in [3.8, 4) is 11.1 Å². The summed E-state index contributed by atoms with van der Waals surface area (Å²) in [5, 5.41) is 9.03. The SMILES string of the molecule is O=C(C1=C[C@H](c2ccc3c(c2)Cc2ccccc2-3)C[C@H](OCCCCO)O1)N1CCCC1. The predicted molar refractivity (Wildman–Crippen MR) is 123 cm³/mol. The van der Waals surface area contributed by atoms with Crippen molar-refractivity contribution < 1.29 is 19.4 Å². The Hall–Kier alpha value is -2.63. The minimum atomic E-state index is -0.448. The average molecular weight is 434 g/mol. The van der Waals surface area contributed by atoms with Gasteiger partial charge in [-0.1, -0.05) is 42.5 Å². The Labute approximate surface area is 189 Å². The molecule has 0 spiro atoms. The molecule has 0 saturated carbocycles. The van der Waals surface area contributed by atoms with Crippen LogP contribution in [0.2, 0.25) is 0 Å². The van der Waals surface area contributed by atoms with Gasteiger partial charge in [0.2, 0.25) is 6.29 Å². The molecule has 2 aromatic carbocycles. The van der Waals surface area contributed by atoms with E-state index >= 15 is 0 Å². The highest BCUT2D eigenvalue weighted by atomic mass is 16.7. The number of likely N-dealkylation sites (tertiary alicyclic amines) is 1. The van der Waals surface area contributed by atoms with E-state index < -0.39 is 6.29 Å². The molecule has 1 amide bonds. The van der Waals surface area contributed by atoms with Crippen molar-refractivity contribution in [3.05, 3.63) is 71.0 Å². The molecule has 0 radical (unpaired) electrons. The minimum Gasteiger partial charge on any atom is -0.459 e. The Balaban J connectivity index is 1.38. The highest BCUT2D eigenvalue weighted by molar-refractivity contribution is 5.92. The molecule has 2 aliphatic heterocycles. The third-order valence-electron chi connectivity index (χ3n) is 6.76. The van der Waals surface area contributed by atoms with E-state index in [4.69, 9.17) is 14.6 Å². The second kappa shape index (κ2) is 9.47. The van der Waals surface area contributed by atoms with Crippen molar-refractivity contribution in [2.45, 2.75) is 50.7 Å². The standard InChI is InChI=1S/C27H31NO4/c29-13-5-6-14-31-26-18-21(17-25(32-26)27(30)28-11-3-4-12-28)19-9-10-24-22(15-19)16-20-7-1-2-8-23(20)24/h1-2,7-10,15,17,21,26,29H,3-6,11-14,16,18H2/t21-,26+/m0/s1. The molecule has 1 saturated heterocycles. The summed E-state index contributed by atoms with van der Waals surface area (Å²) in [5.41, 5.74) is 6.56. The number of rotatable bonds is 7. The molecule has 1 fully saturated rings. The maximum absolute atomic E-state index is 13.1. The van der Waals surface area contributed by atoms with Gasteiger partial charge in [-0.25, -0.2) is 0 Å². The molecular weight excluding hydrogens is 402 g/mol. The zero-order chi connectivity index (χ0) is 21.9. The number of unbranched alkanes of at least 4 members (excludes halogenated alkanes) is 1. The van der Waals surface area contributed by atoms with E-state index in [1.165, 1.54) is 27.8 Å². The number of aliphatic hydroxyl groups excluding tert-OH is 1. The number of carbonyl (C=O) groups is 1. The molecule has 1 aliphatic carbocycles. The summed E-state index contributed by atoms with van der Waals surface area (Å²) in [6.07, 6.45) is 6.76. The van der Waals surface area contributed by atoms with E-state index in [0.717, 1.165) is 38.8 Å². The molecule has 2 atom stereocenters. The molecule has 5 heteroatoms. The smallest absolute Gasteiger partial charge is 0.288 e. The first-order valence-corrected chi connectivity index (χ1v) is 11.8. The third-order valence-corrected chi connectivity index (χ3v) is 6.76. The Bertz CT molecular complexity index is 1010. The molecule has 5 rings (SSSR count). The van der Waals surface area contributed by atoms with Crippen LogP contribution >= 0.6 is 0 Å². The van der Waals surface area contributed by atoms with Crippen LogP contribution in [0.1, 0.15) is 54.7 Å². The summed E-state index contributed by atoms with van der Waals surface area (Å²) in [5.74, 6) is 0.464. The number of carbonyl (C=O) groups excluding carboxylic acids is 1. The van der Waals surface area contributed by atoms with E-state index in [2.05, 4.69) is 42.5 Å². The van der Waals surface area contributed by atoms with Crippen molar-refractivity contribution in [2.24, 2.45) is 0 Å². The van der Waals surface area contributed by atoms with Crippen LogP contribution in [0, 0.1) is 0 Å². The van der Waals surface area contributed by atoms with Crippen molar-refractivity contribution in [1.82, 2.24) is 4.90 Å². The molecule has 5 nitrogen and oxygen atoms in total. The predicted octanol–water partition coefficient (Wildman–Crippen LogP) is 4.38. The van der Waals surface area contributed by atoms with Crippen LogP contribution in [0.25, 0.3) is 11.1 Å². The Morgan fingerprint density at radius 2 is 1.88 bits per heavy atom. The number of amides is 1. The molecular formula is C27H31NO4. The number of fused-ring (bicyclic) bond motifs is 3. The van der Waals surface area contributed by atoms with Crippen LogP contribution in [-0.4, -0.2) is 48.5 Å².